The van der Waals surface area contributed by atoms with Gasteiger partial charge in [-0.3, -0.25) is 0 Å². The second kappa shape index (κ2) is 4.73. The van der Waals surface area contributed by atoms with E-state index >= 15 is 0 Å². The molecule has 1 aromatic rings. The summed E-state index contributed by atoms with van der Waals surface area (Å²) in [7, 11) is 0. The number of rotatable bonds is 4. The lowest BCUT2D eigenvalue weighted by Gasteiger charge is -2.57. The Balaban J connectivity index is 1.43. The van der Waals surface area contributed by atoms with Gasteiger partial charge in [0.1, 0.15) is 0 Å². The molecule has 4 bridgehead atoms. The molecule has 0 unspecified atom stereocenters. The second-order valence-electron chi connectivity index (χ2n) is 7.52. The van der Waals surface area contributed by atoms with Gasteiger partial charge in [0, 0.05) is 12.1 Å². The first-order valence-corrected chi connectivity index (χ1v) is 8.21. The molecule has 0 atom stereocenters. The molecular weight excluding hydrogens is 242 g/mol. The summed E-state index contributed by atoms with van der Waals surface area (Å²) < 4.78 is 0. The highest BCUT2D eigenvalue weighted by molar-refractivity contribution is 5.64. The largest absolute Gasteiger partial charge is 0.307 e. The molecule has 4 aliphatic rings. The molecule has 20 heavy (non-hydrogen) atoms. The van der Waals surface area contributed by atoms with Crippen LogP contribution >= 0.6 is 0 Å². The topological polar surface area (TPSA) is 12.0 Å². The van der Waals surface area contributed by atoms with E-state index in [4.69, 9.17) is 0 Å². The number of hydrogen-bond acceptors (Lipinski definition) is 1. The van der Waals surface area contributed by atoms with Gasteiger partial charge in [-0.2, -0.15) is 0 Å². The molecule has 0 aromatic heterocycles. The van der Waals surface area contributed by atoms with Crippen molar-refractivity contribution in [3.63, 3.8) is 0 Å². The maximum Gasteiger partial charge on any atom is 0.0210 e. The van der Waals surface area contributed by atoms with Gasteiger partial charge < -0.3 is 5.32 Å². The quantitative estimate of drug-likeness (QED) is 0.859. The van der Waals surface area contributed by atoms with E-state index in [2.05, 4.69) is 42.2 Å². The van der Waals surface area contributed by atoms with Crippen molar-refractivity contribution < 1.29 is 0 Å². The predicted octanol–water partition coefficient (Wildman–Crippen LogP) is 4.26. The van der Waals surface area contributed by atoms with E-state index in [0.29, 0.717) is 5.54 Å². The fourth-order valence-electron chi connectivity index (χ4n) is 5.40. The maximum absolute atomic E-state index is 4.28. The van der Waals surface area contributed by atoms with E-state index in [1.54, 1.807) is 0 Å². The SMILES string of the molecule is C=C(CNC12CC3CC(CC(C3)C1)C2)c1ccccc1. The molecule has 1 heteroatoms. The average Bonchev–Trinajstić information content (AvgIpc) is 2.44. The Bertz CT molecular complexity index is 466. The van der Waals surface area contributed by atoms with E-state index in [9.17, 15) is 0 Å². The highest BCUT2D eigenvalue weighted by Crippen LogP contribution is 2.55. The highest BCUT2D eigenvalue weighted by Gasteiger charge is 2.50. The first-order valence-electron chi connectivity index (χ1n) is 8.21. The Morgan fingerprint density at radius 2 is 1.55 bits per heavy atom. The fraction of sp³-hybridized carbons (Fsp3) is 0.579. The molecule has 4 fully saturated rings. The zero-order chi connectivity index (χ0) is 13.6. The molecule has 5 rings (SSSR count). The van der Waals surface area contributed by atoms with Crippen LogP contribution in [0, 0.1) is 17.8 Å². The van der Waals surface area contributed by atoms with Crippen molar-refractivity contribution in [1.29, 1.82) is 0 Å². The molecule has 0 spiro atoms. The number of hydrogen-bond donors (Lipinski definition) is 1. The van der Waals surface area contributed by atoms with Gasteiger partial charge in [-0.05, 0) is 67.4 Å². The Labute approximate surface area is 122 Å². The van der Waals surface area contributed by atoms with Gasteiger partial charge in [0.05, 0.1) is 0 Å². The first-order chi connectivity index (χ1) is 9.72. The highest BCUT2D eigenvalue weighted by atomic mass is 15.0. The standard InChI is InChI=1S/C19H25N/c1-14(18-5-3-2-4-6-18)13-20-19-10-15-7-16(11-19)9-17(8-15)12-19/h2-6,15-17,20H,1,7-13H2. The molecule has 0 heterocycles. The molecule has 1 N–H and O–H groups in total. The molecule has 0 radical (unpaired) electrons. The summed E-state index contributed by atoms with van der Waals surface area (Å²) in [5.41, 5.74) is 2.97. The van der Waals surface area contributed by atoms with Gasteiger partial charge >= 0.3 is 0 Å². The van der Waals surface area contributed by atoms with Gasteiger partial charge in [-0.25, -0.2) is 0 Å². The van der Waals surface area contributed by atoms with Crippen LogP contribution in [0.1, 0.15) is 44.1 Å². The normalized spacial score (nSPS) is 38.1. The smallest absolute Gasteiger partial charge is 0.0210 e. The number of nitrogens with one attached hydrogen (secondary N) is 1. The van der Waals surface area contributed by atoms with Crippen LogP contribution in [0.5, 0.6) is 0 Å². The van der Waals surface area contributed by atoms with Gasteiger partial charge in [-0.1, -0.05) is 36.9 Å². The van der Waals surface area contributed by atoms with Crippen LogP contribution in [0.2, 0.25) is 0 Å². The van der Waals surface area contributed by atoms with E-state index in [0.717, 1.165) is 24.3 Å². The summed E-state index contributed by atoms with van der Waals surface area (Å²) in [4.78, 5) is 0. The summed E-state index contributed by atoms with van der Waals surface area (Å²) in [5.74, 6) is 3.04. The van der Waals surface area contributed by atoms with Crippen LogP contribution in [0.15, 0.2) is 36.9 Å². The van der Waals surface area contributed by atoms with Gasteiger partial charge in [0.15, 0.2) is 0 Å². The summed E-state index contributed by atoms with van der Waals surface area (Å²) in [6.45, 7) is 5.23. The van der Waals surface area contributed by atoms with Crippen LogP contribution in [0.3, 0.4) is 0 Å². The maximum atomic E-state index is 4.28. The van der Waals surface area contributed by atoms with E-state index in [1.807, 2.05) is 0 Å². The Morgan fingerprint density at radius 1 is 1.00 bits per heavy atom. The minimum absolute atomic E-state index is 0.451. The van der Waals surface area contributed by atoms with Gasteiger partial charge in [-0.15, -0.1) is 0 Å². The van der Waals surface area contributed by atoms with E-state index in [1.165, 1.54) is 49.7 Å². The lowest BCUT2D eigenvalue weighted by molar-refractivity contribution is -0.0176. The zero-order valence-corrected chi connectivity index (χ0v) is 12.3. The van der Waals surface area contributed by atoms with E-state index < -0.39 is 0 Å². The second-order valence-corrected chi connectivity index (χ2v) is 7.52. The van der Waals surface area contributed by atoms with Crippen molar-refractivity contribution in [2.75, 3.05) is 6.54 Å². The minimum atomic E-state index is 0.451. The van der Waals surface area contributed by atoms with Crippen LogP contribution in [-0.2, 0) is 0 Å². The fourth-order valence-corrected chi connectivity index (χ4v) is 5.40. The lowest BCUT2D eigenvalue weighted by atomic mass is 9.53. The monoisotopic (exact) mass is 267 g/mol. The third-order valence-corrected chi connectivity index (χ3v) is 5.90. The Morgan fingerprint density at radius 3 is 2.10 bits per heavy atom. The lowest BCUT2D eigenvalue weighted by Crippen LogP contribution is -2.58. The molecule has 0 aliphatic heterocycles. The van der Waals surface area contributed by atoms with Crippen molar-refractivity contribution in [3.05, 3.63) is 42.5 Å². The molecule has 1 aromatic carbocycles. The van der Waals surface area contributed by atoms with Crippen LogP contribution in [0.25, 0.3) is 5.57 Å². The molecule has 4 saturated carbocycles. The molecule has 0 saturated heterocycles. The zero-order valence-electron chi connectivity index (χ0n) is 12.3. The molecule has 1 nitrogen and oxygen atoms in total. The van der Waals surface area contributed by atoms with Crippen LogP contribution in [0.4, 0.5) is 0 Å². The third-order valence-electron chi connectivity index (χ3n) is 5.90. The molecular formula is C19H25N. The van der Waals surface area contributed by atoms with Crippen molar-refractivity contribution >= 4 is 5.57 Å². The van der Waals surface area contributed by atoms with Gasteiger partial charge in [0.25, 0.3) is 0 Å². The van der Waals surface area contributed by atoms with Crippen molar-refractivity contribution in [2.24, 2.45) is 17.8 Å². The third kappa shape index (κ3) is 2.22. The van der Waals surface area contributed by atoms with Crippen LogP contribution in [-0.4, -0.2) is 12.1 Å². The van der Waals surface area contributed by atoms with Crippen molar-refractivity contribution in [2.45, 2.75) is 44.1 Å². The number of benzene rings is 1. The summed E-state index contributed by atoms with van der Waals surface area (Å²) in [6.07, 6.45) is 8.80. The van der Waals surface area contributed by atoms with Gasteiger partial charge in [0.2, 0.25) is 0 Å². The summed E-state index contributed by atoms with van der Waals surface area (Å²) in [5, 5.41) is 3.93. The van der Waals surface area contributed by atoms with Crippen LogP contribution < -0.4 is 5.32 Å². The molecule has 106 valence electrons. The Hall–Kier alpha value is -1.08. The van der Waals surface area contributed by atoms with Crippen molar-refractivity contribution in [3.8, 4) is 0 Å². The van der Waals surface area contributed by atoms with Crippen molar-refractivity contribution in [1.82, 2.24) is 5.32 Å². The first kappa shape index (κ1) is 12.6. The summed E-state index contributed by atoms with van der Waals surface area (Å²) in [6, 6.07) is 10.6. The Kier molecular flexibility index (Phi) is 2.99. The average molecular weight is 267 g/mol. The predicted molar refractivity (Wildman–Crippen MR) is 84.4 cm³/mol. The summed E-state index contributed by atoms with van der Waals surface area (Å²) >= 11 is 0. The minimum Gasteiger partial charge on any atom is -0.307 e. The molecule has 0 amide bonds. The van der Waals surface area contributed by atoms with E-state index in [-0.39, 0.29) is 0 Å². The molecule has 4 aliphatic carbocycles.